The summed E-state index contributed by atoms with van der Waals surface area (Å²) < 4.78 is 5.26. The Morgan fingerprint density at radius 2 is 1.58 bits per heavy atom. The highest BCUT2D eigenvalue weighted by Gasteiger charge is 2.09. The van der Waals surface area contributed by atoms with E-state index in [0.717, 1.165) is 16.7 Å². The van der Waals surface area contributed by atoms with Crippen LogP contribution in [-0.2, 0) is 0 Å². The van der Waals surface area contributed by atoms with Gasteiger partial charge >= 0.3 is 0 Å². The minimum absolute atomic E-state index is 0.769. The van der Waals surface area contributed by atoms with Crippen LogP contribution in [0.1, 0.15) is 0 Å². The largest absolute Gasteiger partial charge is 0.432 e. The maximum Gasteiger partial charge on any atom is 0.284 e. The van der Waals surface area contributed by atoms with Crippen molar-refractivity contribution in [2.24, 2.45) is 0 Å². The van der Waals surface area contributed by atoms with Crippen molar-refractivity contribution in [3.05, 3.63) is 67.1 Å². The molecule has 1 radical (unpaired) electrons. The Morgan fingerprint density at radius 3 is 2.58 bits per heavy atom. The van der Waals surface area contributed by atoms with Crippen molar-refractivity contribution in [1.29, 1.82) is 0 Å². The first kappa shape index (κ1) is 10.3. The van der Waals surface area contributed by atoms with Crippen LogP contribution in [0.15, 0.2) is 65.1 Å². The van der Waals surface area contributed by atoms with E-state index >= 15 is 0 Å². The summed E-state index contributed by atoms with van der Waals surface area (Å²) in [7, 11) is 0. The third kappa shape index (κ3) is 1.54. The predicted octanol–water partition coefficient (Wildman–Crippen LogP) is 4.45. The molecule has 4 aromatic rings. The van der Waals surface area contributed by atoms with E-state index in [-0.39, 0.29) is 0 Å². The molecular weight excluding hydrogens is 234 g/mol. The quantitative estimate of drug-likeness (QED) is 0.494. The Morgan fingerprint density at radius 1 is 0.789 bits per heavy atom. The summed E-state index contributed by atoms with van der Waals surface area (Å²) in [6, 6.07) is 20.6. The summed E-state index contributed by atoms with van der Waals surface area (Å²) in [5.41, 5.74) is 3.88. The smallest absolute Gasteiger partial charge is 0.284 e. The molecule has 4 rings (SSSR count). The lowest BCUT2D eigenvalue weighted by molar-refractivity contribution is 0.591. The summed E-state index contributed by atoms with van der Waals surface area (Å²) in [6.45, 7) is 0. The van der Waals surface area contributed by atoms with Gasteiger partial charge in [0.1, 0.15) is 5.52 Å². The maximum absolute atomic E-state index is 5.26. The van der Waals surface area contributed by atoms with Gasteiger partial charge in [-0.2, -0.15) is 0 Å². The van der Waals surface area contributed by atoms with Crippen molar-refractivity contribution in [3.63, 3.8) is 0 Å². The van der Waals surface area contributed by atoms with E-state index in [2.05, 4.69) is 59.9 Å². The van der Waals surface area contributed by atoms with E-state index in [1.807, 2.05) is 12.1 Å². The molecule has 0 atom stereocenters. The minimum atomic E-state index is 0.769. The fraction of sp³-hybridized carbons (Fsp3) is 0. The van der Waals surface area contributed by atoms with E-state index in [1.165, 1.54) is 16.3 Å². The van der Waals surface area contributed by atoms with Gasteiger partial charge in [-0.15, -0.1) is 0 Å². The molecule has 0 fully saturated rings. The van der Waals surface area contributed by atoms with Crippen LogP contribution in [0.4, 0.5) is 0 Å². The molecule has 0 aliphatic rings. The van der Waals surface area contributed by atoms with Gasteiger partial charge in [-0.1, -0.05) is 54.6 Å². The van der Waals surface area contributed by atoms with Crippen molar-refractivity contribution >= 4 is 21.9 Å². The number of fused-ring (bicyclic) bond motifs is 2. The highest BCUT2D eigenvalue weighted by Crippen LogP contribution is 2.32. The highest BCUT2D eigenvalue weighted by atomic mass is 16.3. The van der Waals surface area contributed by atoms with E-state index < -0.39 is 0 Å². The van der Waals surface area contributed by atoms with Gasteiger partial charge in [0, 0.05) is 5.56 Å². The molecule has 3 aromatic carbocycles. The Kier molecular flexibility index (Phi) is 2.15. The lowest BCUT2D eigenvalue weighted by atomic mass is 9.97. The Labute approximate surface area is 110 Å². The van der Waals surface area contributed by atoms with Crippen LogP contribution in [-0.4, -0.2) is 4.98 Å². The van der Waals surface area contributed by atoms with Gasteiger partial charge in [0.05, 0.1) is 0 Å². The summed E-state index contributed by atoms with van der Waals surface area (Å²) in [6.07, 6.45) is 2.57. The molecular formula is C17H10NO. The van der Waals surface area contributed by atoms with Gasteiger partial charge in [0.25, 0.3) is 6.39 Å². The van der Waals surface area contributed by atoms with Crippen LogP contribution < -0.4 is 0 Å². The Hall–Kier alpha value is -2.61. The SMILES string of the molecule is [c]1nc2c(-c3cccc4ccccc34)cccc2o1. The number of para-hydroxylation sites is 1. The fourth-order valence-electron chi connectivity index (χ4n) is 2.52. The third-order valence-electron chi connectivity index (χ3n) is 3.39. The monoisotopic (exact) mass is 244 g/mol. The number of hydrogen-bond acceptors (Lipinski definition) is 2. The van der Waals surface area contributed by atoms with Gasteiger partial charge in [-0.05, 0) is 22.4 Å². The first-order valence-corrected chi connectivity index (χ1v) is 6.17. The Bertz CT molecular complexity index is 871. The predicted molar refractivity (Wildman–Crippen MR) is 75.8 cm³/mol. The molecule has 19 heavy (non-hydrogen) atoms. The van der Waals surface area contributed by atoms with Crippen LogP contribution in [0.5, 0.6) is 0 Å². The minimum Gasteiger partial charge on any atom is -0.432 e. The number of benzene rings is 3. The normalized spacial score (nSPS) is 11.2. The van der Waals surface area contributed by atoms with Crippen molar-refractivity contribution < 1.29 is 4.42 Å². The summed E-state index contributed by atoms with van der Waals surface area (Å²) in [5.74, 6) is 0. The average molecular weight is 244 g/mol. The third-order valence-corrected chi connectivity index (χ3v) is 3.39. The second kappa shape index (κ2) is 3.95. The second-order valence-corrected chi connectivity index (χ2v) is 4.48. The van der Waals surface area contributed by atoms with Gasteiger partial charge < -0.3 is 4.42 Å². The topological polar surface area (TPSA) is 26.0 Å². The van der Waals surface area contributed by atoms with Gasteiger partial charge in [0.15, 0.2) is 5.58 Å². The molecule has 2 heteroatoms. The molecule has 89 valence electrons. The number of rotatable bonds is 1. The average Bonchev–Trinajstić information content (AvgIpc) is 2.95. The number of nitrogens with zero attached hydrogens (tertiary/aromatic N) is 1. The number of hydrogen-bond donors (Lipinski definition) is 0. The van der Waals surface area contributed by atoms with Crippen molar-refractivity contribution in [2.45, 2.75) is 0 Å². The molecule has 0 aliphatic heterocycles. The van der Waals surface area contributed by atoms with E-state index in [1.54, 1.807) is 0 Å². The summed E-state index contributed by atoms with van der Waals surface area (Å²) in [4.78, 5) is 4.21. The van der Waals surface area contributed by atoms with Crippen LogP contribution in [0.2, 0.25) is 0 Å². The molecule has 0 aliphatic carbocycles. The van der Waals surface area contributed by atoms with E-state index in [0.29, 0.717) is 0 Å². The summed E-state index contributed by atoms with van der Waals surface area (Å²) in [5, 5.41) is 2.45. The standard InChI is InChI=1S/C17H10NO/c1-2-7-13-12(5-1)6-3-8-14(13)15-9-4-10-16-17(15)18-11-19-16/h1-10H. The zero-order valence-corrected chi connectivity index (χ0v) is 10.1. The van der Waals surface area contributed by atoms with Crippen molar-refractivity contribution in [2.75, 3.05) is 0 Å². The zero-order chi connectivity index (χ0) is 12.7. The lowest BCUT2D eigenvalue weighted by Crippen LogP contribution is -1.83. The van der Waals surface area contributed by atoms with E-state index in [4.69, 9.17) is 4.42 Å². The van der Waals surface area contributed by atoms with Crippen LogP contribution in [0.3, 0.4) is 0 Å². The molecule has 0 bridgehead atoms. The van der Waals surface area contributed by atoms with Crippen molar-refractivity contribution in [1.82, 2.24) is 4.98 Å². The fourth-order valence-corrected chi connectivity index (χ4v) is 2.52. The molecule has 0 amide bonds. The van der Waals surface area contributed by atoms with Crippen LogP contribution >= 0.6 is 0 Å². The molecule has 1 heterocycles. The van der Waals surface area contributed by atoms with Gasteiger partial charge in [-0.25, -0.2) is 4.98 Å². The molecule has 0 N–H and O–H groups in total. The molecule has 0 unspecified atom stereocenters. The number of oxazole rings is 1. The maximum atomic E-state index is 5.26. The molecule has 0 saturated carbocycles. The second-order valence-electron chi connectivity index (χ2n) is 4.48. The molecule has 2 nitrogen and oxygen atoms in total. The lowest BCUT2D eigenvalue weighted by Gasteiger charge is -2.06. The molecule has 0 spiro atoms. The van der Waals surface area contributed by atoms with Crippen LogP contribution in [0, 0.1) is 6.39 Å². The Balaban J connectivity index is 2.12. The first-order valence-electron chi connectivity index (χ1n) is 6.17. The van der Waals surface area contributed by atoms with Gasteiger partial charge in [-0.3, -0.25) is 0 Å². The van der Waals surface area contributed by atoms with Crippen LogP contribution in [0.25, 0.3) is 33.0 Å². The number of aromatic nitrogens is 1. The first-order chi connectivity index (χ1) is 9.43. The van der Waals surface area contributed by atoms with Gasteiger partial charge in [0.2, 0.25) is 0 Å². The van der Waals surface area contributed by atoms with E-state index in [9.17, 15) is 0 Å². The molecule has 1 aromatic heterocycles. The van der Waals surface area contributed by atoms with Crippen molar-refractivity contribution in [3.8, 4) is 11.1 Å². The molecule has 0 saturated heterocycles. The summed E-state index contributed by atoms with van der Waals surface area (Å²) >= 11 is 0. The zero-order valence-electron chi connectivity index (χ0n) is 10.1. The highest BCUT2D eigenvalue weighted by molar-refractivity contribution is 6.02.